The van der Waals surface area contributed by atoms with Crippen LogP contribution in [0.15, 0.2) is 41.3 Å². The number of benzene rings is 2. The van der Waals surface area contributed by atoms with Crippen LogP contribution in [-0.2, 0) is 16.4 Å². The lowest BCUT2D eigenvalue weighted by atomic mass is 10.2. The molecule has 0 radical (unpaired) electrons. The summed E-state index contributed by atoms with van der Waals surface area (Å²) in [6.07, 6.45) is 0.754. The highest BCUT2D eigenvalue weighted by atomic mass is 32.2. The summed E-state index contributed by atoms with van der Waals surface area (Å²) in [6.45, 7) is 0.773. The average molecular weight is 310 g/mol. The van der Waals surface area contributed by atoms with Crippen molar-refractivity contribution in [1.82, 2.24) is 0 Å². The third kappa shape index (κ3) is 2.69. The van der Waals surface area contributed by atoms with Gasteiger partial charge in [0, 0.05) is 18.3 Å². The molecule has 2 aromatic rings. The zero-order valence-electron chi connectivity index (χ0n) is 10.9. The summed E-state index contributed by atoms with van der Waals surface area (Å²) in [7, 11) is -3.83. The van der Waals surface area contributed by atoms with Crippen LogP contribution in [0.5, 0.6) is 0 Å². The predicted molar refractivity (Wildman–Crippen MR) is 75.8 cm³/mol. The number of anilines is 2. The molecule has 1 aliphatic heterocycles. The van der Waals surface area contributed by atoms with Crippen molar-refractivity contribution in [3.05, 3.63) is 53.6 Å². The van der Waals surface area contributed by atoms with Gasteiger partial charge in [-0.15, -0.1) is 0 Å². The van der Waals surface area contributed by atoms with Gasteiger partial charge in [0.25, 0.3) is 10.0 Å². The minimum Gasteiger partial charge on any atom is -0.384 e. The summed E-state index contributed by atoms with van der Waals surface area (Å²) in [5.74, 6) is -2.13. The molecule has 0 fully saturated rings. The van der Waals surface area contributed by atoms with Gasteiger partial charge in [0.1, 0.15) is 0 Å². The lowest BCUT2D eigenvalue weighted by Crippen LogP contribution is -2.13. The molecule has 21 heavy (non-hydrogen) atoms. The first kappa shape index (κ1) is 13.8. The summed E-state index contributed by atoms with van der Waals surface area (Å²) in [5, 5.41) is 3.14. The lowest BCUT2D eigenvalue weighted by molar-refractivity contribution is 0.509. The second kappa shape index (κ2) is 5.00. The Balaban J connectivity index is 1.91. The zero-order chi connectivity index (χ0) is 15.0. The van der Waals surface area contributed by atoms with E-state index in [2.05, 4.69) is 10.0 Å². The van der Waals surface area contributed by atoms with Gasteiger partial charge in [-0.2, -0.15) is 0 Å². The van der Waals surface area contributed by atoms with Crippen molar-refractivity contribution >= 4 is 21.4 Å². The predicted octanol–water partition coefficient (Wildman–Crippen LogP) is 2.73. The van der Waals surface area contributed by atoms with E-state index in [0.717, 1.165) is 36.3 Å². The van der Waals surface area contributed by atoms with Crippen LogP contribution in [0, 0.1) is 11.6 Å². The van der Waals surface area contributed by atoms with Gasteiger partial charge in [-0.25, -0.2) is 17.2 Å². The number of halogens is 2. The standard InChI is InChI=1S/C14H12F2N2O2S/c15-12-3-1-10(8-13(12)16)18-21(19,20)11-2-4-14-9(7-11)5-6-17-14/h1-4,7-8,17-18H,5-6H2. The van der Waals surface area contributed by atoms with E-state index in [4.69, 9.17) is 0 Å². The maximum Gasteiger partial charge on any atom is 0.261 e. The minimum atomic E-state index is -3.83. The number of rotatable bonds is 3. The van der Waals surface area contributed by atoms with E-state index >= 15 is 0 Å². The van der Waals surface area contributed by atoms with Gasteiger partial charge in [0.05, 0.1) is 10.6 Å². The summed E-state index contributed by atoms with van der Waals surface area (Å²) in [5.41, 5.74) is 1.82. The van der Waals surface area contributed by atoms with Crippen LogP contribution < -0.4 is 10.0 Å². The molecule has 0 unspecified atom stereocenters. The lowest BCUT2D eigenvalue weighted by Gasteiger charge is -2.09. The molecule has 4 nitrogen and oxygen atoms in total. The molecular weight excluding hydrogens is 298 g/mol. The van der Waals surface area contributed by atoms with Crippen LogP contribution in [0.3, 0.4) is 0 Å². The normalized spacial score (nSPS) is 13.6. The summed E-state index contributed by atoms with van der Waals surface area (Å²) >= 11 is 0. The Morgan fingerprint density at radius 2 is 1.86 bits per heavy atom. The van der Waals surface area contributed by atoms with Crippen molar-refractivity contribution in [3.8, 4) is 0 Å². The van der Waals surface area contributed by atoms with Crippen molar-refractivity contribution in [3.63, 3.8) is 0 Å². The van der Waals surface area contributed by atoms with Crippen molar-refractivity contribution in [2.24, 2.45) is 0 Å². The van der Waals surface area contributed by atoms with Crippen molar-refractivity contribution in [2.45, 2.75) is 11.3 Å². The van der Waals surface area contributed by atoms with Gasteiger partial charge in [0.2, 0.25) is 0 Å². The largest absolute Gasteiger partial charge is 0.384 e. The second-order valence-electron chi connectivity index (χ2n) is 4.73. The second-order valence-corrected chi connectivity index (χ2v) is 6.41. The number of fused-ring (bicyclic) bond motifs is 1. The molecule has 0 atom stereocenters. The first-order valence-corrected chi connectivity index (χ1v) is 7.79. The van der Waals surface area contributed by atoms with Crippen LogP contribution >= 0.6 is 0 Å². The maximum atomic E-state index is 13.1. The third-order valence-corrected chi connectivity index (χ3v) is 4.65. The van der Waals surface area contributed by atoms with Gasteiger partial charge < -0.3 is 5.32 Å². The van der Waals surface area contributed by atoms with Gasteiger partial charge in [-0.05, 0) is 42.3 Å². The summed E-state index contributed by atoms with van der Waals surface area (Å²) < 4.78 is 52.7. The van der Waals surface area contributed by atoms with Crippen molar-refractivity contribution < 1.29 is 17.2 Å². The molecule has 0 aromatic heterocycles. The van der Waals surface area contributed by atoms with Gasteiger partial charge in [-0.3, -0.25) is 4.72 Å². The summed E-state index contributed by atoms with van der Waals surface area (Å²) in [4.78, 5) is 0.0923. The first-order valence-electron chi connectivity index (χ1n) is 6.30. The molecule has 1 aliphatic rings. The van der Waals surface area contributed by atoms with Crippen LogP contribution in [-0.4, -0.2) is 15.0 Å². The maximum absolute atomic E-state index is 13.1. The molecule has 0 amide bonds. The molecular formula is C14H12F2N2O2S. The molecule has 2 N–H and O–H groups in total. The topological polar surface area (TPSA) is 58.2 Å². The van der Waals surface area contributed by atoms with Crippen LogP contribution in [0.4, 0.5) is 20.2 Å². The van der Waals surface area contributed by atoms with Crippen LogP contribution in [0.25, 0.3) is 0 Å². The smallest absolute Gasteiger partial charge is 0.261 e. The number of nitrogens with one attached hydrogen (secondary N) is 2. The molecule has 1 heterocycles. The Morgan fingerprint density at radius 1 is 1.05 bits per heavy atom. The Hall–Kier alpha value is -2.15. The zero-order valence-corrected chi connectivity index (χ0v) is 11.7. The molecule has 0 saturated carbocycles. The van der Waals surface area contributed by atoms with Crippen LogP contribution in [0.1, 0.15) is 5.56 Å². The highest BCUT2D eigenvalue weighted by Crippen LogP contribution is 2.26. The monoisotopic (exact) mass is 310 g/mol. The fourth-order valence-corrected chi connectivity index (χ4v) is 3.32. The highest BCUT2D eigenvalue weighted by molar-refractivity contribution is 7.92. The molecule has 110 valence electrons. The van der Waals surface area contributed by atoms with E-state index in [0.29, 0.717) is 0 Å². The van der Waals surface area contributed by atoms with Gasteiger partial charge in [-0.1, -0.05) is 0 Å². The molecule has 3 rings (SSSR count). The SMILES string of the molecule is O=S(=O)(Nc1ccc(F)c(F)c1)c1ccc2c(c1)CCN2. The third-order valence-electron chi connectivity index (χ3n) is 3.27. The Labute approximate surface area is 120 Å². The molecule has 7 heteroatoms. The Bertz CT molecular complexity index is 807. The van der Waals surface area contributed by atoms with Crippen molar-refractivity contribution in [1.29, 1.82) is 0 Å². The average Bonchev–Trinajstić information content (AvgIpc) is 2.90. The van der Waals surface area contributed by atoms with E-state index in [1.54, 1.807) is 12.1 Å². The highest BCUT2D eigenvalue weighted by Gasteiger charge is 2.18. The van der Waals surface area contributed by atoms with Crippen molar-refractivity contribution in [2.75, 3.05) is 16.6 Å². The van der Waals surface area contributed by atoms with Gasteiger partial charge >= 0.3 is 0 Å². The fraction of sp³-hybridized carbons (Fsp3) is 0.143. The molecule has 0 bridgehead atoms. The molecule has 0 saturated heterocycles. The quantitative estimate of drug-likeness (QED) is 0.916. The minimum absolute atomic E-state index is 0.0208. The van der Waals surface area contributed by atoms with E-state index < -0.39 is 21.7 Å². The number of sulfonamides is 1. The Kier molecular flexibility index (Phi) is 3.29. The molecule has 0 aliphatic carbocycles. The van der Waals surface area contributed by atoms with E-state index in [1.165, 1.54) is 12.1 Å². The van der Waals surface area contributed by atoms with E-state index in [1.807, 2.05) is 0 Å². The van der Waals surface area contributed by atoms with E-state index in [-0.39, 0.29) is 10.6 Å². The fourth-order valence-electron chi connectivity index (χ4n) is 2.22. The van der Waals surface area contributed by atoms with Gasteiger partial charge in [0.15, 0.2) is 11.6 Å². The summed E-state index contributed by atoms with van der Waals surface area (Å²) in [6, 6.07) is 7.60. The van der Waals surface area contributed by atoms with E-state index in [9.17, 15) is 17.2 Å². The molecule has 2 aromatic carbocycles. The molecule has 0 spiro atoms. The Morgan fingerprint density at radius 3 is 2.62 bits per heavy atom. The number of hydrogen-bond acceptors (Lipinski definition) is 3. The van der Waals surface area contributed by atoms with Crippen LogP contribution in [0.2, 0.25) is 0 Å². The first-order chi connectivity index (χ1) is 9.95. The number of hydrogen-bond donors (Lipinski definition) is 2.